The van der Waals surface area contributed by atoms with Gasteiger partial charge in [0.15, 0.2) is 0 Å². The zero-order valence-corrected chi connectivity index (χ0v) is 12.5. The third kappa shape index (κ3) is 2.63. The van der Waals surface area contributed by atoms with Crippen LogP contribution in [0.1, 0.15) is 20.3 Å². The summed E-state index contributed by atoms with van der Waals surface area (Å²) in [6.45, 7) is 5.81. The first-order valence-electron chi connectivity index (χ1n) is 7.45. The Morgan fingerprint density at radius 2 is 2.10 bits per heavy atom. The van der Waals surface area contributed by atoms with Gasteiger partial charge in [0.2, 0.25) is 0 Å². The molecule has 3 rings (SSSR count). The number of benzene rings is 1. The average Bonchev–Trinajstić information content (AvgIpc) is 2.44. The summed E-state index contributed by atoms with van der Waals surface area (Å²) in [5.74, 6) is 0.667. The number of fused-ring (bicyclic) bond motifs is 1. The van der Waals surface area contributed by atoms with Gasteiger partial charge in [0.05, 0.1) is 5.52 Å². The highest BCUT2D eigenvalue weighted by atomic mass is 15.2. The minimum Gasteiger partial charge on any atom is -0.382 e. The molecular formula is C17H23N3. The van der Waals surface area contributed by atoms with Gasteiger partial charge in [-0.3, -0.25) is 4.98 Å². The number of rotatable bonds is 2. The summed E-state index contributed by atoms with van der Waals surface area (Å²) in [7, 11) is 2.22. The number of hydrogen-bond acceptors (Lipinski definition) is 3. The second-order valence-corrected chi connectivity index (χ2v) is 6.16. The molecule has 0 spiro atoms. The molecule has 3 nitrogen and oxygen atoms in total. The fourth-order valence-electron chi connectivity index (χ4n) is 3.12. The molecule has 0 saturated carbocycles. The minimum atomic E-state index is 0.551. The Morgan fingerprint density at radius 1 is 1.25 bits per heavy atom. The topological polar surface area (TPSA) is 28.2 Å². The van der Waals surface area contributed by atoms with Crippen molar-refractivity contribution in [3.05, 3.63) is 36.5 Å². The lowest BCUT2D eigenvalue weighted by molar-refractivity contribution is 0.145. The lowest BCUT2D eigenvalue weighted by atomic mass is 9.89. The second kappa shape index (κ2) is 5.41. The Balaban J connectivity index is 1.78. The van der Waals surface area contributed by atoms with E-state index < -0.39 is 0 Å². The van der Waals surface area contributed by atoms with Crippen LogP contribution in [0.3, 0.4) is 0 Å². The third-order valence-electron chi connectivity index (χ3n) is 4.57. The first-order chi connectivity index (χ1) is 9.63. The second-order valence-electron chi connectivity index (χ2n) is 6.16. The van der Waals surface area contributed by atoms with Crippen LogP contribution in [0.2, 0.25) is 0 Å². The lowest BCUT2D eigenvalue weighted by Gasteiger charge is -2.40. The van der Waals surface area contributed by atoms with Crippen LogP contribution >= 0.6 is 0 Å². The molecule has 0 radical (unpaired) electrons. The number of nitrogens with one attached hydrogen (secondary N) is 1. The SMILES string of the molecule is CC1CN(C)C(C)CC1Nc1ccc2ncccc2c1. The largest absolute Gasteiger partial charge is 0.382 e. The van der Waals surface area contributed by atoms with Gasteiger partial charge in [-0.05, 0) is 50.6 Å². The number of anilines is 1. The highest BCUT2D eigenvalue weighted by Gasteiger charge is 2.28. The van der Waals surface area contributed by atoms with Crippen molar-refractivity contribution in [3.63, 3.8) is 0 Å². The monoisotopic (exact) mass is 269 g/mol. The van der Waals surface area contributed by atoms with E-state index in [-0.39, 0.29) is 0 Å². The van der Waals surface area contributed by atoms with Crippen molar-refractivity contribution in [1.29, 1.82) is 0 Å². The average molecular weight is 269 g/mol. The van der Waals surface area contributed by atoms with E-state index in [0.717, 1.165) is 12.1 Å². The Kier molecular flexibility index (Phi) is 3.62. The van der Waals surface area contributed by atoms with Crippen molar-refractivity contribution in [1.82, 2.24) is 9.88 Å². The summed E-state index contributed by atoms with van der Waals surface area (Å²) in [4.78, 5) is 6.82. The Bertz CT molecular complexity index is 596. The lowest BCUT2D eigenvalue weighted by Crippen LogP contribution is -2.48. The van der Waals surface area contributed by atoms with Gasteiger partial charge in [0, 0.05) is 35.9 Å². The fourth-order valence-corrected chi connectivity index (χ4v) is 3.12. The fraction of sp³-hybridized carbons (Fsp3) is 0.471. The first-order valence-corrected chi connectivity index (χ1v) is 7.45. The van der Waals surface area contributed by atoms with Crippen molar-refractivity contribution < 1.29 is 0 Å². The third-order valence-corrected chi connectivity index (χ3v) is 4.57. The summed E-state index contributed by atoms with van der Waals surface area (Å²) in [5, 5.41) is 4.92. The summed E-state index contributed by atoms with van der Waals surface area (Å²) in [6.07, 6.45) is 3.04. The molecule has 20 heavy (non-hydrogen) atoms. The molecule has 0 amide bonds. The quantitative estimate of drug-likeness (QED) is 0.906. The maximum atomic E-state index is 4.37. The Labute approximate surface area is 121 Å². The van der Waals surface area contributed by atoms with Crippen LogP contribution in [0.15, 0.2) is 36.5 Å². The molecule has 2 heterocycles. The molecule has 3 heteroatoms. The number of nitrogens with zero attached hydrogens (tertiary/aromatic N) is 2. The molecule has 1 aliphatic heterocycles. The molecule has 3 unspecified atom stereocenters. The molecule has 1 aromatic heterocycles. The van der Waals surface area contributed by atoms with Crippen LogP contribution in [0.5, 0.6) is 0 Å². The van der Waals surface area contributed by atoms with Gasteiger partial charge < -0.3 is 10.2 Å². The van der Waals surface area contributed by atoms with Gasteiger partial charge in [-0.2, -0.15) is 0 Å². The van der Waals surface area contributed by atoms with Crippen molar-refractivity contribution in [2.75, 3.05) is 18.9 Å². The van der Waals surface area contributed by atoms with Crippen LogP contribution in [0, 0.1) is 5.92 Å². The molecule has 1 aliphatic rings. The van der Waals surface area contributed by atoms with E-state index in [9.17, 15) is 0 Å². The van der Waals surface area contributed by atoms with Gasteiger partial charge in [-0.15, -0.1) is 0 Å². The van der Waals surface area contributed by atoms with Gasteiger partial charge in [-0.1, -0.05) is 13.0 Å². The van der Waals surface area contributed by atoms with Crippen molar-refractivity contribution in [3.8, 4) is 0 Å². The van der Waals surface area contributed by atoms with Crippen molar-refractivity contribution >= 4 is 16.6 Å². The van der Waals surface area contributed by atoms with E-state index in [0.29, 0.717) is 18.0 Å². The highest BCUT2D eigenvalue weighted by molar-refractivity contribution is 5.82. The number of hydrogen-bond donors (Lipinski definition) is 1. The van der Waals surface area contributed by atoms with E-state index in [2.05, 4.69) is 60.4 Å². The first kappa shape index (κ1) is 13.4. The Morgan fingerprint density at radius 3 is 2.95 bits per heavy atom. The molecule has 1 saturated heterocycles. The van der Waals surface area contributed by atoms with Crippen LogP contribution in [0.25, 0.3) is 10.9 Å². The molecule has 1 aromatic carbocycles. The molecular weight excluding hydrogens is 246 g/mol. The van der Waals surface area contributed by atoms with E-state index in [1.807, 2.05) is 12.3 Å². The molecule has 1 fully saturated rings. The maximum Gasteiger partial charge on any atom is 0.0703 e. The van der Waals surface area contributed by atoms with Crippen molar-refractivity contribution in [2.45, 2.75) is 32.4 Å². The van der Waals surface area contributed by atoms with Gasteiger partial charge in [0.1, 0.15) is 0 Å². The molecule has 1 N–H and O–H groups in total. The predicted molar refractivity (Wildman–Crippen MR) is 85.0 cm³/mol. The maximum absolute atomic E-state index is 4.37. The van der Waals surface area contributed by atoms with E-state index in [4.69, 9.17) is 0 Å². The van der Waals surface area contributed by atoms with Crippen LogP contribution in [0.4, 0.5) is 5.69 Å². The zero-order valence-electron chi connectivity index (χ0n) is 12.5. The summed E-state index contributed by atoms with van der Waals surface area (Å²) >= 11 is 0. The standard InChI is InChI=1S/C17H23N3/c1-12-11-20(3)13(2)9-17(12)19-15-6-7-16-14(10-15)5-4-8-18-16/h4-8,10,12-13,17,19H,9,11H2,1-3H3. The Hall–Kier alpha value is -1.61. The number of pyridine rings is 1. The van der Waals surface area contributed by atoms with Gasteiger partial charge in [0.25, 0.3) is 0 Å². The van der Waals surface area contributed by atoms with E-state index >= 15 is 0 Å². The molecule has 2 aromatic rings. The number of piperidine rings is 1. The van der Waals surface area contributed by atoms with Crippen LogP contribution in [-0.4, -0.2) is 35.6 Å². The highest BCUT2D eigenvalue weighted by Crippen LogP contribution is 2.25. The number of aromatic nitrogens is 1. The zero-order chi connectivity index (χ0) is 14.1. The molecule has 0 aliphatic carbocycles. The smallest absolute Gasteiger partial charge is 0.0703 e. The molecule has 0 bridgehead atoms. The van der Waals surface area contributed by atoms with Crippen LogP contribution in [-0.2, 0) is 0 Å². The van der Waals surface area contributed by atoms with Gasteiger partial charge in [-0.25, -0.2) is 0 Å². The van der Waals surface area contributed by atoms with Crippen molar-refractivity contribution in [2.24, 2.45) is 5.92 Å². The van der Waals surface area contributed by atoms with Gasteiger partial charge >= 0.3 is 0 Å². The van der Waals surface area contributed by atoms with Crippen LogP contribution < -0.4 is 5.32 Å². The summed E-state index contributed by atoms with van der Waals surface area (Å²) in [5.41, 5.74) is 2.27. The molecule has 3 atom stereocenters. The normalized spacial score (nSPS) is 27.6. The van der Waals surface area contributed by atoms with E-state index in [1.54, 1.807) is 0 Å². The summed E-state index contributed by atoms with van der Waals surface area (Å²) in [6, 6.07) is 11.8. The van der Waals surface area contributed by atoms with E-state index in [1.165, 1.54) is 17.5 Å². The predicted octanol–water partition coefficient (Wildman–Crippen LogP) is 3.38. The summed E-state index contributed by atoms with van der Waals surface area (Å²) < 4.78 is 0. The minimum absolute atomic E-state index is 0.551. The molecule has 106 valence electrons. The number of likely N-dealkylation sites (tertiary alicyclic amines) is 1.